The monoisotopic (exact) mass is 313 g/mol. The lowest BCUT2D eigenvalue weighted by atomic mass is 9.81. The van der Waals surface area contributed by atoms with Gasteiger partial charge in [-0.15, -0.1) is 5.10 Å². The van der Waals surface area contributed by atoms with Gasteiger partial charge in [0.1, 0.15) is 0 Å². The predicted octanol–water partition coefficient (Wildman–Crippen LogP) is 1.35. The van der Waals surface area contributed by atoms with Gasteiger partial charge in [-0.1, -0.05) is 24.6 Å². The second kappa shape index (κ2) is 5.42. The van der Waals surface area contributed by atoms with Crippen molar-refractivity contribution in [1.82, 2.24) is 25.1 Å². The second-order valence-electron chi connectivity index (χ2n) is 6.56. The fourth-order valence-corrected chi connectivity index (χ4v) is 4.14. The number of rotatable bonds is 4. The van der Waals surface area contributed by atoms with Crippen LogP contribution in [0.1, 0.15) is 25.1 Å². The molecule has 2 heterocycles. The van der Waals surface area contributed by atoms with E-state index in [1.807, 2.05) is 30.3 Å². The molecule has 7 nitrogen and oxygen atoms in total. The zero-order valence-electron chi connectivity index (χ0n) is 12.8. The fourth-order valence-electron chi connectivity index (χ4n) is 4.14. The summed E-state index contributed by atoms with van der Waals surface area (Å²) in [6, 6.07) is 9.75. The van der Waals surface area contributed by atoms with Crippen molar-refractivity contribution in [2.24, 2.45) is 11.3 Å². The van der Waals surface area contributed by atoms with Crippen molar-refractivity contribution in [3.8, 4) is 5.69 Å². The van der Waals surface area contributed by atoms with E-state index >= 15 is 0 Å². The highest BCUT2D eigenvalue weighted by Crippen LogP contribution is 2.49. The Bertz CT molecular complexity index is 716. The average Bonchev–Trinajstić information content (AvgIpc) is 3.22. The van der Waals surface area contributed by atoms with E-state index in [4.69, 9.17) is 0 Å². The third-order valence-electron chi connectivity index (χ3n) is 5.27. The zero-order chi connectivity index (χ0) is 15.9. The quantitative estimate of drug-likeness (QED) is 0.917. The first kappa shape index (κ1) is 14.3. The standard InChI is InChI=1S/C16H19N5O2/c22-15(23)16-8-4-5-12(16)9-20(11-16)10-14-17-18-19-21(14)13-6-2-1-3-7-13/h1-3,6-7,12H,4-5,8-11H2,(H,22,23)/t12-,16+/m0/s1. The Hall–Kier alpha value is -2.28. The Balaban J connectivity index is 1.55. The van der Waals surface area contributed by atoms with Gasteiger partial charge in [0.25, 0.3) is 0 Å². The summed E-state index contributed by atoms with van der Waals surface area (Å²) in [6.45, 7) is 1.98. The summed E-state index contributed by atoms with van der Waals surface area (Å²) in [6.07, 6.45) is 2.81. The second-order valence-corrected chi connectivity index (χ2v) is 6.56. The van der Waals surface area contributed by atoms with E-state index < -0.39 is 11.4 Å². The lowest BCUT2D eigenvalue weighted by molar-refractivity contribution is -0.149. The van der Waals surface area contributed by atoms with Crippen LogP contribution in [0.25, 0.3) is 5.69 Å². The van der Waals surface area contributed by atoms with E-state index in [1.54, 1.807) is 4.68 Å². The molecule has 1 aromatic carbocycles. The molecule has 0 amide bonds. The van der Waals surface area contributed by atoms with Gasteiger partial charge in [0.2, 0.25) is 0 Å². The maximum Gasteiger partial charge on any atom is 0.311 e. The van der Waals surface area contributed by atoms with Crippen molar-refractivity contribution < 1.29 is 9.90 Å². The van der Waals surface area contributed by atoms with Crippen LogP contribution in [-0.4, -0.2) is 49.3 Å². The van der Waals surface area contributed by atoms with Gasteiger partial charge in [0.05, 0.1) is 17.6 Å². The van der Waals surface area contributed by atoms with Crippen LogP contribution in [0.2, 0.25) is 0 Å². The van der Waals surface area contributed by atoms with Gasteiger partial charge in [-0.05, 0) is 41.3 Å². The van der Waals surface area contributed by atoms with Crippen molar-refractivity contribution in [1.29, 1.82) is 0 Å². The van der Waals surface area contributed by atoms with Gasteiger partial charge in [0, 0.05) is 13.1 Å². The summed E-state index contributed by atoms with van der Waals surface area (Å²) in [5.74, 6) is 0.350. The number of carboxylic acid groups (broad SMARTS) is 1. The van der Waals surface area contributed by atoms with E-state index in [9.17, 15) is 9.90 Å². The molecule has 0 bridgehead atoms. The van der Waals surface area contributed by atoms with Gasteiger partial charge >= 0.3 is 5.97 Å². The fraction of sp³-hybridized carbons (Fsp3) is 0.500. The van der Waals surface area contributed by atoms with Crippen LogP contribution < -0.4 is 0 Å². The summed E-state index contributed by atoms with van der Waals surface area (Å²) >= 11 is 0. The van der Waals surface area contributed by atoms with E-state index in [1.165, 1.54) is 0 Å². The summed E-state index contributed by atoms with van der Waals surface area (Å²) in [5, 5.41) is 21.7. The number of likely N-dealkylation sites (tertiary alicyclic amines) is 1. The third-order valence-corrected chi connectivity index (χ3v) is 5.27. The molecule has 7 heteroatoms. The number of para-hydroxylation sites is 1. The number of nitrogens with zero attached hydrogens (tertiary/aromatic N) is 5. The van der Waals surface area contributed by atoms with Crippen LogP contribution in [0.4, 0.5) is 0 Å². The predicted molar refractivity (Wildman–Crippen MR) is 81.8 cm³/mol. The van der Waals surface area contributed by atoms with E-state index in [0.717, 1.165) is 37.3 Å². The lowest BCUT2D eigenvalue weighted by Crippen LogP contribution is -2.35. The molecule has 2 atom stereocenters. The normalized spacial score (nSPS) is 27.2. The van der Waals surface area contributed by atoms with Gasteiger partial charge in [0.15, 0.2) is 5.82 Å². The number of tetrazole rings is 1. The van der Waals surface area contributed by atoms with Gasteiger partial charge in [-0.3, -0.25) is 9.69 Å². The number of aromatic nitrogens is 4. The molecule has 1 aliphatic heterocycles. The molecule has 120 valence electrons. The minimum atomic E-state index is -0.648. The Kier molecular flexibility index (Phi) is 3.37. The van der Waals surface area contributed by atoms with Crippen molar-refractivity contribution in [3.63, 3.8) is 0 Å². The van der Waals surface area contributed by atoms with E-state index in [2.05, 4.69) is 20.4 Å². The summed E-state index contributed by atoms with van der Waals surface area (Å²) in [7, 11) is 0. The molecule has 1 N–H and O–H groups in total. The van der Waals surface area contributed by atoms with Crippen LogP contribution >= 0.6 is 0 Å². The zero-order valence-corrected chi connectivity index (χ0v) is 12.8. The molecule has 1 aliphatic carbocycles. The molecule has 0 radical (unpaired) electrons. The third kappa shape index (κ3) is 2.31. The Labute approximate surface area is 133 Å². The summed E-state index contributed by atoms with van der Waals surface area (Å²) in [4.78, 5) is 14.0. The largest absolute Gasteiger partial charge is 0.481 e. The van der Waals surface area contributed by atoms with Crippen molar-refractivity contribution >= 4 is 5.97 Å². The molecule has 0 unspecified atom stereocenters. The Morgan fingerprint density at radius 2 is 2.17 bits per heavy atom. The first-order valence-electron chi connectivity index (χ1n) is 7.97. The Morgan fingerprint density at radius 1 is 1.35 bits per heavy atom. The average molecular weight is 313 g/mol. The molecule has 2 aromatic rings. The molecule has 1 saturated carbocycles. The summed E-state index contributed by atoms with van der Waals surface area (Å²) < 4.78 is 1.72. The van der Waals surface area contributed by atoms with E-state index in [-0.39, 0.29) is 5.92 Å². The van der Waals surface area contributed by atoms with Crippen LogP contribution in [0, 0.1) is 11.3 Å². The van der Waals surface area contributed by atoms with Crippen LogP contribution in [0.15, 0.2) is 30.3 Å². The maximum absolute atomic E-state index is 11.8. The van der Waals surface area contributed by atoms with Crippen LogP contribution in [0.3, 0.4) is 0 Å². The van der Waals surface area contributed by atoms with Gasteiger partial charge in [-0.2, -0.15) is 4.68 Å². The molecule has 2 aliphatic rings. The van der Waals surface area contributed by atoms with E-state index in [0.29, 0.717) is 13.1 Å². The molecule has 1 saturated heterocycles. The minimum absolute atomic E-state index is 0.251. The number of hydrogen-bond acceptors (Lipinski definition) is 5. The minimum Gasteiger partial charge on any atom is -0.481 e. The molecule has 1 aromatic heterocycles. The first-order valence-corrected chi connectivity index (χ1v) is 7.97. The molecular weight excluding hydrogens is 294 g/mol. The number of hydrogen-bond donors (Lipinski definition) is 1. The number of benzene rings is 1. The topological polar surface area (TPSA) is 84.1 Å². The first-order chi connectivity index (χ1) is 11.2. The molecule has 2 fully saturated rings. The molecule has 0 spiro atoms. The van der Waals surface area contributed by atoms with Gasteiger partial charge < -0.3 is 5.11 Å². The lowest BCUT2D eigenvalue weighted by Gasteiger charge is -2.23. The summed E-state index contributed by atoms with van der Waals surface area (Å²) in [5.41, 5.74) is 0.352. The SMILES string of the molecule is O=C(O)[C@@]12CCC[C@H]1CN(Cc1nnnn1-c1ccccc1)C2. The number of fused-ring (bicyclic) bond motifs is 1. The Morgan fingerprint density at radius 3 is 2.91 bits per heavy atom. The highest BCUT2D eigenvalue weighted by atomic mass is 16.4. The molecule has 4 rings (SSSR count). The van der Waals surface area contributed by atoms with Crippen LogP contribution in [0.5, 0.6) is 0 Å². The maximum atomic E-state index is 11.8. The van der Waals surface area contributed by atoms with Crippen molar-refractivity contribution in [2.45, 2.75) is 25.8 Å². The number of carbonyl (C=O) groups is 1. The van der Waals surface area contributed by atoms with Crippen LogP contribution in [-0.2, 0) is 11.3 Å². The van der Waals surface area contributed by atoms with Gasteiger partial charge in [-0.25, -0.2) is 0 Å². The molecule has 23 heavy (non-hydrogen) atoms. The van der Waals surface area contributed by atoms with Crippen molar-refractivity contribution in [3.05, 3.63) is 36.2 Å². The number of carboxylic acids is 1. The molecular formula is C16H19N5O2. The number of aliphatic carboxylic acids is 1. The highest BCUT2D eigenvalue weighted by Gasteiger charge is 2.54. The highest BCUT2D eigenvalue weighted by molar-refractivity contribution is 5.76. The smallest absolute Gasteiger partial charge is 0.311 e. The van der Waals surface area contributed by atoms with Crippen molar-refractivity contribution in [2.75, 3.05) is 13.1 Å².